The van der Waals surface area contributed by atoms with E-state index in [0.29, 0.717) is 35.3 Å². The number of benzene rings is 1. The number of aromatic nitrogens is 3. The van der Waals surface area contributed by atoms with Crippen LogP contribution in [-0.2, 0) is 14.8 Å². The van der Waals surface area contributed by atoms with E-state index in [1.165, 1.54) is 15.3 Å². The summed E-state index contributed by atoms with van der Waals surface area (Å²) in [6.07, 6.45) is 3.55. The first-order valence-electron chi connectivity index (χ1n) is 11.3. The molecule has 0 spiro atoms. The van der Waals surface area contributed by atoms with E-state index >= 15 is 0 Å². The van der Waals surface area contributed by atoms with Crippen molar-refractivity contribution in [2.75, 3.05) is 6.54 Å². The summed E-state index contributed by atoms with van der Waals surface area (Å²) in [7, 11) is -3.88. The van der Waals surface area contributed by atoms with Gasteiger partial charge in [-0.2, -0.15) is 0 Å². The van der Waals surface area contributed by atoms with Gasteiger partial charge in [0.2, 0.25) is 0 Å². The summed E-state index contributed by atoms with van der Waals surface area (Å²) in [4.78, 5) is 21.6. The molecule has 3 aromatic heterocycles. The smallest absolute Gasteiger partial charge is 0.311 e. The molecule has 1 aromatic carbocycles. The number of aliphatic carboxylic acids is 1. The summed E-state index contributed by atoms with van der Waals surface area (Å²) in [5.41, 5.74) is 0.227. The van der Waals surface area contributed by atoms with Gasteiger partial charge in [0.15, 0.2) is 5.65 Å². The Morgan fingerprint density at radius 2 is 2.00 bits per heavy atom. The zero-order valence-electron chi connectivity index (χ0n) is 19.9. The zero-order chi connectivity index (χ0) is 25.9. The summed E-state index contributed by atoms with van der Waals surface area (Å²) in [5.74, 6) is -0.813. The Labute approximate surface area is 221 Å². The molecule has 8 nitrogen and oxygen atoms in total. The van der Waals surface area contributed by atoms with Gasteiger partial charge in [0.1, 0.15) is 5.01 Å². The molecular formula is C25H25BrN4O4S2. The molecule has 2 atom stereocenters. The minimum absolute atomic E-state index is 0.166. The molecule has 1 saturated heterocycles. The summed E-state index contributed by atoms with van der Waals surface area (Å²) < 4.78 is 28.8. The molecule has 0 radical (unpaired) electrons. The predicted octanol–water partition coefficient (Wildman–Crippen LogP) is 5.31. The van der Waals surface area contributed by atoms with Crippen LogP contribution in [0.5, 0.6) is 0 Å². The monoisotopic (exact) mass is 588 g/mol. The molecule has 0 saturated carbocycles. The molecule has 2 N–H and O–H groups in total. The number of fused-ring (bicyclic) bond motifs is 1. The molecule has 2 unspecified atom stereocenters. The van der Waals surface area contributed by atoms with Gasteiger partial charge in [0, 0.05) is 39.7 Å². The van der Waals surface area contributed by atoms with Gasteiger partial charge < -0.3 is 10.4 Å². The summed E-state index contributed by atoms with van der Waals surface area (Å²) in [5, 5.41) is 16.7. The van der Waals surface area contributed by atoms with Crippen LogP contribution < -0.4 is 5.32 Å². The highest BCUT2D eigenvalue weighted by Crippen LogP contribution is 2.49. The van der Waals surface area contributed by atoms with Crippen LogP contribution in [0.4, 0.5) is 0 Å². The van der Waals surface area contributed by atoms with Gasteiger partial charge in [-0.05, 0) is 46.0 Å². The third-order valence-corrected chi connectivity index (χ3v) is 10.1. The highest BCUT2D eigenvalue weighted by molar-refractivity contribution is 9.10. The van der Waals surface area contributed by atoms with E-state index in [1.54, 1.807) is 42.7 Å². The van der Waals surface area contributed by atoms with Gasteiger partial charge in [0.05, 0.1) is 22.0 Å². The van der Waals surface area contributed by atoms with Gasteiger partial charge in [-0.25, -0.2) is 22.4 Å². The molecule has 188 valence electrons. The first-order valence-corrected chi connectivity index (χ1v) is 14.5. The second kappa shape index (κ2) is 8.76. The zero-order valence-corrected chi connectivity index (χ0v) is 23.1. The molecule has 1 aliphatic heterocycles. The van der Waals surface area contributed by atoms with E-state index < -0.39 is 26.8 Å². The molecule has 36 heavy (non-hydrogen) atoms. The first kappa shape index (κ1) is 25.1. The van der Waals surface area contributed by atoms with Gasteiger partial charge in [-0.15, -0.1) is 11.3 Å². The van der Waals surface area contributed by atoms with Crippen LogP contribution in [0.1, 0.15) is 38.2 Å². The lowest BCUT2D eigenvalue weighted by Crippen LogP contribution is -2.44. The van der Waals surface area contributed by atoms with Crippen molar-refractivity contribution in [2.45, 2.75) is 38.1 Å². The van der Waals surface area contributed by atoms with E-state index in [0.717, 1.165) is 9.48 Å². The normalized spacial score (nSPS) is 20.7. The maximum Gasteiger partial charge on any atom is 0.311 e. The van der Waals surface area contributed by atoms with Crippen LogP contribution in [0, 0.1) is 10.8 Å². The number of thiazole rings is 1. The van der Waals surface area contributed by atoms with Crippen LogP contribution in [0.15, 0.2) is 63.5 Å². The second-order valence-electron chi connectivity index (χ2n) is 10.0. The SMILES string of the molecule is CC(C)(C)C1(C(=O)O)CNC(c2nc(-c3cn(S(=O)(=O)c4ccccc4)c4ncc(Br)cc34)cs2)C1. The summed E-state index contributed by atoms with van der Waals surface area (Å²) in [6, 6.07) is 9.85. The molecule has 5 rings (SSSR count). The van der Waals surface area contributed by atoms with Crippen LogP contribution in [0.3, 0.4) is 0 Å². The number of pyridine rings is 1. The topological polar surface area (TPSA) is 114 Å². The number of nitrogens with one attached hydrogen (secondary N) is 1. The minimum Gasteiger partial charge on any atom is -0.481 e. The second-order valence-corrected chi connectivity index (χ2v) is 13.6. The number of carboxylic acid groups (broad SMARTS) is 1. The Morgan fingerprint density at radius 3 is 2.64 bits per heavy atom. The molecule has 4 aromatic rings. The highest BCUT2D eigenvalue weighted by Gasteiger charge is 2.54. The Hall–Kier alpha value is -2.60. The first-order chi connectivity index (χ1) is 16.9. The maximum absolute atomic E-state index is 13.4. The Balaban J connectivity index is 1.57. The molecular weight excluding hydrogens is 564 g/mol. The lowest BCUT2D eigenvalue weighted by atomic mass is 9.65. The third kappa shape index (κ3) is 3.98. The number of rotatable bonds is 5. The van der Waals surface area contributed by atoms with Crippen molar-refractivity contribution < 1.29 is 18.3 Å². The average Bonchev–Trinajstić information content (AvgIpc) is 3.56. The minimum atomic E-state index is -3.88. The van der Waals surface area contributed by atoms with Crippen molar-refractivity contribution in [1.82, 2.24) is 19.3 Å². The van der Waals surface area contributed by atoms with Gasteiger partial charge in [0.25, 0.3) is 10.0 Å². The molecule has 1 aliphatic rings. The molecule has 0 bridgehead atoms. The number of nitrogens with zero attached hydrogens (tertiary/aromatic N) is 3. The fraction of sp³-hybridized carbons (Fsp3) is 0.320. The Morgan fingerprint density at radius 1 is 1.28 bits per heavy atom. The van der Waals surface area contributed by atoms with Crippen LogP contribution in [-0.4, -0.2) is 40.0 Å². The number of hydrogen-bond donors (Lipinski definition) is 2. The quantitative estimate of drug-likeness (QED) is 0.324. The standard InChI is InChI=1S/C25H25BrN4O4S2/c1-24(2,3)25(23(31)32)10-19(28-14-25)22-29-20(13-35-22)18-12-30(21-17(18)9-15(26)11-27-21)36(33,34)16-7-5-4-6-8-16/h4-9,11-13,19,28H,10,14H2,1-3H3,(H,31,32). The van der Waals surface area contributed by atoms with Crippen LogP contribution >= 0.6 is 27.3 Å². The van der Waals surface area contributed by atoms with Crippen molar-refractivity contribution in [3.05, 3.63) is 63.7 Å². The predicted molar refractivity (Wildman–Crippen MR) is 142 cm³/mol. The molecule has 11 heteroatoms. The molecule has 0 aliphatic carbocycles. The van der Waals surface area contributed by atoms with Crippen molar-refractivity contribution in [1.29, 1.82) is 0 Å². The lowest BCUT2D eigenvalue weighted by molar-refractivity contribution is -0.154. The number of hydrogen-bond acceptors (Lipinski definition) is 7. The maximum atomic E-state index is 13.4. The molecule has 0 amide bonds. The van der Waals surface area contributed by atoms with Crippen LogP contribution in [0.2, 0.25) is 0 Å². The largest absolute Gasteiger partial charge is 0.481 e. The summed E-state index contributed by atoms with van der Waals surface area (Å²) >= 11 is 4.88. The third-order valence-electron chi connectivity index (χ3n) is 7.02. The van der Waals surface area contributed by atoms with E-state index in [1.807, 2.05) is 32.2 Å². The summed E-state index contributed by atoms with van der Waals surface area (Å²) in [6.45, 7) is 6.21. The Bertz CT molecular complexity index is 1570. The highest BCUT2D eigenvalue weighted by atomic mass is 79.9. The number of halogens is 1. The molecule has 1 fully saturated rings. The van der Waals surface area contributed by atoms with Crippen molar-refractivity contribution in [3.63, 3.8) is 0 Å². The van der Waals surface area contributed by atoms with E-state index in [4.69, 9.17) is 4.98 Å². The van der Waals surface area contributed by atoms with Gasteiger partial charge >= 0.3 is 5.97 Å². The fourth-order valence-electron chi connectivity index (χ4n) is 4.74. The Kier molecular flexibility index (Phi) is 6.10. The van der Waals surface area contributed by atoms with E-state index in [9.17, 15) is 18.3 Å². The lowest BCUT2D eigenvalue weighted by Gasteiger charge is -2.37. The van der Waals surface area contributed by atoms with Crippen molar-refractivity contribution in [3.8, 4) is 11.3 Å². The van der Waals surface area contributed by atoms with Crippen molar-refractivity contribution in [2.24, 2.45) is 10.8 Å². The van der Waals surface area contributed by atoms with Crippen LogP contribution in [0.25, 0.3) is 22.3 Å². The average molecular weight is 590 g/mol. The number of carboxylic acids is 1. The van der Waals surface area contributed by atoms with E-state index in [2.05, 4.69) is 26.2 Å². The number of carbonyl (C=O) groups is 1. The van der Waals surface area contributed by atoms with Gasteiger partial charge in [-0.1, -0.05) is 39.0 Å². The molecule has 4 heterocycles. The fourth-order valence-corrected chi connectivity index (χ4v) is 7.31. The van der Waals surface area contributed by atoms with Crippen molar-refractivity contribution >= 4 is 54.3 Å². The van der Waals surface area contributed by atoms with E-state index in [-0.39, 0.29) is 10.9 Å². The van der Waals surface area contributed by atoms with Gasteiger partial charge in [-0.3, -0.25) is 4.79 Å².